The predicted molar refractivity (Wildman–Crippen MR) is 85.8 cm³/mol. The van der Waals surface area contributed by atoms with Crippen molar-refractivity contribution in [1.82, 2.24) is 10.0 Å². The van der Waals surface area contributed by atoms with Crippen molar-refractivity contribution in [1.29, 1.82) is 0 Å². The highest BCUT2D eigenvalue weighted by Gasteiger charge is 2.17. The van der Waals surface area contributed by atoms with Crippen LogP contribution in [0.1, 0.15) is 6.92 Å². The second-order valence-corrected chi connectivity index (χ2v) is 7.93. The van der Waals surface area contributed by atoms with Crippen LogP contribution >= 0.6 is 12.4 Å². The summed E-state index contributed by atoms with van der Waals surface area (Å²) < 4.78 is 64.6. The van der Waals surface area contributed by atoms with Crippen LogP contribution in [0, 0.1) is 5.82 Å². The molecule has 11 heteroatoms. The van der Waals surface area contributed by atoms with Crippen LogP contribution in [-0.4, -0.2) is 42.7 Å². The fourth-order valence-electron chi connectivity index (χ4n) is 1.38. The van der Waals surface area contributed by atoms with Gasteiger partial charge < -0.3 is 5.32 Å². The van der Waals surface area contributed by atoms with E-state index in [1.807, 2.05) is 4.72 Å². The van der Waals surface area contributed by atoms with Crippen LogP contribution in [0.4, 0.5) is 10.1 Å². The number of anilines is 1. The topological polar surface area (TPSA) is 104 Å². The third kappa shape index (κ3) is 6.05. The van der Waals surface area contributed by atoms with Crippen LogP contribution in [0.2, 0.25) is 0 Å². The van der Waals surface area contributed by atoms with Gasteiger partial charge in [-0.2, -0.15) is 0 Å². The van der Waals surface area contributed by atoms with Crippen molar-refractivity contribution < 1.29 is 21.2 Å². The monoisotopic (exact) mass is 375 g/mol. The maximum Gasteiger partial charge on any atom is 0.240 e. The van der Waals surface area contributed by atoms with Crippen molar-refractivity contribution in [3.63, 3.8) is 0 Å². The highest BCUT2D eigenvalue weighted by molar-refractivity contribution is 7.92. The highest BCUT2D eigenvalue weighted by Crippen LogP contribution is 2.20. The van der Waals surface area contributed by atoms with Gasteiger partial charge in [0.15, 0.2) is 0 Å². The Morgan fingerprint density at radius 1 is 1.14 bits per heavy atom. The molecule has 0 bridgehead atoms. The van der Waals surface area contributed by atoms with Crippen molar-refractivity contribution in [3.8, 4) is 0 Å². The maximum absolute atomic E-state index is 13.8. The zero-order valence-electron chi connectivity index (χ0n) is 12.1. The fourth-order valence-corrected chi connectivity index (χ4v) is 3.07. The van der Waals surface area contributed by atoms with Crippen molar-refractivity contribution in [2.45, 2.75) is 11.8 Å². The SMILES string of the molecule is CCS(=O)(=O)Nc1ccc(S(=O)(=O)NCCNC)cc1F.Cl. The van der Waals surface area contributed by atoms with Gasteiger partial charge in [0.2, 0.25) is 20.0 Å². The number of sulfonamides is 2. The summed E-state index contributed by atoms with van der Waals surface area (Å²) in [6.45, 7) is 1.99. The summed E-state index contributed by atoms with van der Waals surface area (Å²) in [7, 11) is -5.78. The van der Waals surface area contributed by atoms with Crippen LogP contribution in [0.25, 0.3) is 0 Å². The lowest BCUT2D eigenvalue weighted by molar-refractivity contribution is 0.576. The minimum atomic E-state index is -3.83. The molecular formula is C11H19ClFN3O4S2. The third-order valence-electron chi connectivity index (χ3n) is 2.56. The number of hydrogen-bond donors (Lipinski definition) is 3. The molecule has 0 amide bonds. The minimum Gasteiger partial charge on any atom is -0.318 e. The normalized spacial score (nSPS) is 11.8. The molecule has 0 saturated heterocycles. The average Bonchev–Trinajstić information content (AvgIpc) is 2.41. The van der Waals surface area contributed by atoms with E-state index in [0.29, 0.717) is 6.54 Å². The molecule has 0 spiro atoms. The molecule has 0 unspecified atom stereocenters. The summed E-state index contributed by atoms with van der Waals surface area (Å²) in [6.07, 6.45) is 0. The van der Waals surface area contributed by atoms with Gasteiger partial charge in [-0.1, -0.05) is 0 Å². The van der Waals surface area contributed by atoms with Crippen LogP contribution < -0.4 is 14.8 Å². The first-order chi connectivity index (χ1) is 9.72. The zero-order chi connectivity index (χ0) is 16.1. The van der Waals surface area contributed by atoms with Crippen LogP contribution in [-0.2, 0) is 20.0 Å². The molecule has 1 rings (SSSR count). The summed E-state index contributed by atoms with van der Waals surface area (Å²) >= 11 is 0. The minimum absolute atomic E-state index is 0. The zero-order valence-corrected chi connectivity index (χ0v) is 14.5. The molecule has 0 saturated carbocycles. The number of likely N-dealkylation sites (N-methyl/N-ethyl adjacent to an activating group) is 1. The van der Waals surface area contributed by atoms with E-state index in [1.165, 1.54) is 6.92 Å². The highest BCUT2D eigenvalue weighted by atomic mass is 35.5. The first-order valence-electron chi connectivity index (χ1n) is 6.16. The average molecular weight is 376 g/mol. The molecule has 0 aliphatic heterocycles. The van der Waals surface area contributed by atoms with E-state index in [2.05, 4.69) is 10.0 Å². The molecule has 0 aliphatic carbocycles. The Bertz CT molecular complexity index is 695. The lowest BCUT2D eigenvalue weighted by Gasteiger charge is -2.10. The molecule has 0 atom stereocenters. The Kier molecular flexibility index (Phi) is 8.26. The Hall–Kier alpha value is -0.940. The van der Waals surface area contributed by atoms with Gasteiger partial charge in [-0.05, 0) is 32.2 Å². The molecule has 7 nitrogen and oxygen atoms in total. The van der Waals surface area contributed by atoms with Crippen molar-refractivity contribution in [3.05, 3.63) is 24.0 Å². The molecule has 0 aromatic heterocycles. The summed E-state index contributed by atoms with van der Waals surface area (Å²) in [5.41, 5.74) is -0.286. The van der Waals surface area contributed by atoms with Gasteiger partial charge in [-0.3, -0.25) is 4.72 Å². The Morgan fingerprint density at radius 2 is 1.77 bits per heavy atom. The molecule has 128 valence electrons. The summed E-state index contributed by atoms with van der Waals surface area (Å²) in [4.78, 5) is -0.268. The molecule has 0 heterocycles. The van der Waals surface area contributed by atoms with Crippen LogP contribution in [0.15, 0.2) is 23.1 Å². The molecule has 0 radical (unpaired) electrons. The van der Waals surface area contributed by atoms with E-state index in [1.54, 1.807) is 7.05 Å². The smallest absolute Gasteiger partial charge is 0.240 e. The van der Waals surface area contributed by atoms with Crippen molar-refractivity contribution in [2.24, 2.45) is 0 Å². The molecular weight excluding hydrogens is 357 g/mol. The Morgan fingerprint density at radius 3 is 2.27 bits per heavy atom. The van der Waals surface area contributed by atoms with E-state index in [9.17, 15) is 21.2 Å². The molecule has 3 N–H and O–H groups in total. The number of hydrogen-bond acceptors (Lipinski definition) is 5. The number of nitrogens with one attached hydrogen (secondary N) is 3. The molecule has 1 aromatic carbocycles. The van der Waals surface area contributed by atoms with Gasteiger partial charge >= 0.3 is 0 Å². The van der Waals surface area contributed by atoms with E-state index >= 15 is 0 Å². The van der Waals surface area contributed by atoms with Gasteiger partial charge in [0.1, 0.15) is 5.82 Å². The first-order valence-corrected chi connectivity index (χ1v) is 9.29. The van der Waals surface area contributed by atoms with Crippen LogP contribution in [0.3, 0.4) is 0 Å². The first kappa shape index (κ1) is 21.1. The van der Waals surface area contributed by atoms with Crippen molar-refractivity contribution >= 4 is 38.1 Å². The van der Waals surface area contributed by atoms with E-state index < -0.39 is 25.9 Å². The number of benzene rings is 1. The van der Waals surface area contributed by atoms with Gasteiger partial charge in [-0.15, -0.1) is 12.4 Å². The second-order valence-electron chi connectivity index (χ2n) is 4.15. The predicted octanol–water partition coefficient (Wildman–Crippen LogP) is 0.507. The fraction of sp³-hybridized carbons (Fsp3) is 0.455. The van der Waals surface area contributed by atoms with E-state index in [-0.39, 0.29) is 35.3 Å². The van der Waals surface area contributed by atoms with Gasteiger partial charge in [0.25, 0.3) is 0 Å². The quantitative estimate of drug-likeness (QED) is 0.574. The van der Waals surface area contributed by atoms with Gasteiger partial charge in [0, 0.05) is 13.1 Å². The lowest BCUT2D eigenvalue weighted by atomic mass is 10.3. The van der Waals surface area contributed by atoms with Crippen LogP contribution in [0.5, 0.6) is 0 Å². The third-order valence-corrected chi connectivity index (χ3v) is 5.31. The summed E-state index contributed by atoms with van der Waals surface area (Å²) in [6, 6.07) is 2.99. The standard InChI is InChI=1S/C11H18FN3O4S2.ClH/c1-3-20(16,17)15-11-5-4-9(8-10(11)12)21(18,19)14-7-6-13-2;/h4-5,8,13-15H,3,6-7H2,1-2H3;1H. The van der Waals surface area contributed by atoms with E-state index in [4.69, 9.17) is 0 Å². The van der Waals surface area contributed by atoms with Crippen molar-refractivity contribution in [2.75, 3.05) is 30.6 Å². The summed E-state index contributed by atoms with van der Waals surface area (Å²) in [5, 5.41) is 2.77. The summed E-state index contributed by atoms with van der Waals surface area (Å²) in [5.74, 6) is -1.17. The number of halogens is 2. The number of rotatable bonds is 8. The molecule has 1 aromatic rings. The Labute approximate surface area is 136 Å². The van der Waals surface area contributed by atoms with Gasteiger partial charge in [-0.25, -0.2) is 25.9 Å². The second kappa shape index (κ2) is 8.63. The largest absolute Gasteiger partial charge is 0.318 e. The molecule has 0 aliphatic rings. The van der Waals surface area contributed by atoms with Gasteiger partial charge in [0.05, 0.1) is 16.3 Å². The molecule has 0 fully saturated rings. The maximum atomic E-state index is 13.8. The lowest BCUT2D eigenvalue weighted by Crippen LogP contribution is -2.30. The Balaban J connectivity index is 0.00000441. The van der Waals surface area contributed by atoms with E-state index in [0.717, 1.165) is 18.2 Å². The molecule has 22 heavy (non-hydrogen) atoms.